The van der Waals surface area contributed by atoms with Gasteiger partial charge in [0.05, 0.1) is 11.9 Å². The Morgan fingerprint density at radius 2 is 2.00 bits per heavy atom. The minimum Gasteiger partial charge on any atom is -0.303 e. The van der Waals surface area contributed by atoms with E-state index in [1.54, 1.807) is 0 Å². The predicted molar refractivity (Wildman–Crippen MR) is 85.8 cm³/mol. The molecule has 3 heterocycles. The van der Waals surface area contributed by atoms with E-state index < -0.39 is 9.84 Å². The number of piperidine rings is 1. The maximum Gasteiger partial charge on any atom is 0.178 e. The Kier molecular flexibility index (Phi) is 4.56. The molecule has 2 saturated heterocycles. The van der Waals surface area contributed by atoms with Crippen LogP contribution >= 0.6 is 0 Å². The van der Waals surface area contributed by atoms with E-state index in [4.69, 9.17) is 0 Å². The third kappa shape index (κ3) is 3.21. The van der Waals surface area contributed by atoms with Crippen molar-refractivity contribution >= 4 is 9.84 Å². The maximum atomic E-state index is 11.8. The molecule has 0 unspecified atom stereocenters. The molecule has 0 aromatic carbocycles. The lowest BCUT2D eigenvalue weighted by molar-refractivity contribution is 0.129. The van der Waals surface area contributed by atoms with Gasteiger partial charge in [0.2, 0.25) is 0 Å². The Balaban J connectivity index is 1.65. The number of H-pyrrole nitrogens is 1. The van der Waals surface area contributed by atoms with Crippen LogP contribution in [0.15, 0.2) is 11.1 Å². The van der Waals surface area contributed by atoms with Gasteiger partial charge < -0.3 is 4.90 Å². The lowest BCUT2D eigenvalue weighted by atomic mass is 10.0. The molecule has 1 aromatic rings. The fourth-order valence-corrected chi connectivity index (χ4v) is 4.68. The van der Waals surface area contributed by atoms with Gasteiger partial charge in [-0.2, -0.15) is 5.10 Å². The van der Waals surface area contributed by atoms with E-state index >= 15 is 0 Å². The Hall–Kier alpha value is -0.920. The summed E-state index contributed by atoms with van der Waals surface area (Å²) in [6.45, 7) is 7.73. The van der Waals surface area contributed by atoms with Crippen molar-refractivity contribution in [3.05, 3.63) is 11.9 Å². The van der Waals surface area contributed by atoms with Crippen LogP contribution in [0.4, 0.5) is 0 Å². The fraction of sp³-hybridized carbons (Fsp3) is 0.800. The van der Waals surface area contributed by atoms with Gasteiger partial charge in [-0.3, -0.25) is 10.00 Å². The molecule has 0 radical (unpaired) electrons. The largest absolute Gasteiger partial charge is 0.303 e. The van der Waals surface area contributed by atoms with Crippen LogP contribution in [-0.2, 0) is 9.84 Å². The summed E-state index contributed by atoms with van der Waals surface area (Å²) in [6.07, 6.45) is 6.17. The molecule has 0 aliphatic carbocycles. The van der Waals surface area contributed by atoms with Gasteiger partial charge in [-0.05, 0) is 45.4 Å². The molecule has 2 aliphatic heterocycles. The van der Waals surface area contributed by atoms with Gasteiger partial charge in [0.15, 0.2) is 9.84 Å². The second-order valence-electron chi connectivity index (χ2n) is 6.57. The summed E-state index contributed by atoms with van der Waals surface area (Å²) in [7, 11) is -3.20. The molecule has 1 aromatic heterocycles. The predicted octanol–water partition coefficient (Wildman–Crippen LogP) is 1.09. The highest BCUT2D eigenvalue weighted by Gasteiger charge is 2.33. The number of rotatable bonds is 4. The van der Waals surface area contributed by atoms with Gasteiger partial charge in [-0.1, -0.05) is 6.92 Å². The Morgan fingerprint density at radius 1 is 1.27 bits per heavy atom. The zero-order valence-electron chi connectivity index (χ0n) is 13.5. The Bertz CT molecular complexity index is 605. The van der Waals surface area contributed by atoms with E-state index in [0.29, 0.717) is 10.9 Å². The highest BCUT2D eigenvalue weighted by molar-refractivity contribution is 7.90. The van der Waals surface area contributed by atoms with Gasteiger partial charge in [-0.25, -0.2) is 8.42 Å². The summed E-state index contributed by atoms with van der Waals surface area (Å²) in [5, 5.41) is 6.89. The van der Waals surface area contributed by atoms with E-state index in [2.05, 4.69) is 26.9 Å². The third-order valence-electron chi connectivity index (χ3n) is 5.18. The SMILES string of the molecule is CCN1CCC(N2CC[C@H](c3[nH]ncc3S(C)(=O)=O)C2)CC1. The van der Waals surface area contributed by atoms with Crippen molar-refractivity contribution < 1.29 is 8.42 Å². The summed E-state index contributed by atoms with van der Waals surface area (Å²) in [4.78, 5) is 5.42. The first-order valence-corrected chi connectivity index (χ1v) is 10.1. The molecule has 1 N–H and O–H groups in total. The van der Waals surface area contributed by atoms with Crippen molar-refractivity contribution in [2.45, 2.75) is 43.0 Å². The van der Waals surface area contributed by atoms with Crippen LogP contribution in [0.5, 0.6) is 0 Å². The number of aromatic amines is 1. The minimum absolute atomic E-state index is 0.261. The van der Waals surface area contributed by atoms with Crippen molar-refractivity contribution in [2.75, 3.05) is 39.0 Å². The first-order chi connectivity index (χ1) is 10.5. The topological polar surface area (TPSA) is 69.3 Å². The number of sulfone groups is 1. The molecule has 1 atom stereocenters. The van der Waals surface area contributed by atoms with E-state index in [1.807, 2.05) is 0 Å². The number of hydrogen-bond donors (Lipinski definition) is 1. The van der Waals surface area contributed by atoms with Gasteiger partial charge in [0.1, 0.15) is 4.90 Å². The first kappa shape index (κ1) is 16.0. The number of nitrogens with one attached hydrogen (secondary N) is 1. The molecule has 3 rings (SSSR count). The highest BCUT2D eigenvalue weighted by atomic mass is 32.2. The van der Waals surface area contributed by atoms with Crippen molar-refractivity contribution in [2.24, 2.45) is 0 Å². The van der Waals surface area contributed by atoms with Crippen LogP contribution in [-0.4, -0.2) is 73.4 Å². The summed E-state index contributed by atoms with van der Waals surface area (Å²) in [6, 6.07) is 0.650. The van der Waals surface area contributed by atoms with Crippen molar-refractivity contribution in [3.8, 4) is 0 Å². The van der Waals surface area contributed by atoms with Crippen molar-refractivity contribution in [1.29, 1.82) is 0 Å². The van der Waals surface area contributed by atoms with Gasteiger partial charge >= 0.3 is 0 Å². The second kappa shape index (κ2) is 6.29. The van der Waals surface area contributed by atoms with Crippen molar-refractivity contribution in [1.82, 2.24) is 20.0 Å². The van der Waals surface area contributed by atoms with E-state index in [9.17, 15) is 8.42 Å². The summed E-state index contributed by atoms with van der Waals surface area (Å²) in [5.41, 5.74) is 0.802. The average Bonchev–Trinajstić information content (AvgIpc) is 3.15. The average molecular weight is 326 g/mol. The number of nitrogens with zero attached hydrogens (tertiary/aromatic N) is 3. The molecule has 2 aliphatic rings. The molecule has 2 fully saturated rings. The summed E-state index contributed by atoms with van der Waals surface area (Å²) < 4.78 is 23.7. The molecule has 0 amide bonds. The monoisotopic (exact) mass is 326 g/mol. The lowest BCUT2D eigenvalue weighted by Gasteiger charge is -2.36. The molecule has 0 saturated carbocycles. The molecular formula is C15H26N4O2S. The number of hydrogen-bond acceptors (Lipinski definition) is 5. The molecule has 0 bridgehead atoms. The van der Waals surface area contributed by atoms with Crippen LogP contribution in [0.3, 0.4) is 0 Å². The molecular weight excluding hydrogens is 300 g/mol. The van der Waals surface area contributed by atoms with Gasteiger partial charge in [0, 0.05) is 24.8 Å². The second-order valence-corrected chi connectivity index (χ2v) is 8.55. The lowest BCUT2D eigenvalue weighted by Crippen LogP contribution is -2.43. The van der Waals surface area contributed by atoms with E-state index in [1.165, 1.54) is 38.4 Å². The quantitative estimate of drug-likeness (QED) is 0.897. The van der Waals surface area contributed by atoms with Crippen LogP contribution in [0.2, 0.25) is 0 Å². The molecule has 22 heavy (non-hydrogen) atoms. The molecule has 6 nitrogen and oxygen atoms in total. The standard InChI is InChI=1S/C15H26N4O2S/c1-3-18-7-5-13(6-8-18)19-9-4-12(11-19)15-14(10-16-17-15)22(2,20)21/h10,12-13H,3-9,11H2,1-2H3,(H,16,17)/t12-/m0/s1. The smallest absolute Gasteiger partial charge is 0.178 e. The number of aromatic nitrogens is 2. The van der Waals surface area contributed by atoms with E-state index in [-0.39, 0.29) is 5.92 Å². The van der Waals surface area contributed by atoms with Crippen molar-refractivity contribution in [3.63, 3.8) is 0 Å². The highest BCUT2D eigenvalue weighted by Crippen LogP contribution is 2.32. The summed E-state index contributed by atoms with van der Waals surface area (Å²) in [5.74, 6) is 0.261. The third-order valence-corrected chi connectivity index (χ3v) is 6.30. The Morgan fingerprint density at radius 3 is 2.64 bits per heavy atom. The minimum atomic E-state index is -3.20. The molecule has 7 heteroatoms. The van der Waals surface area contributed by atoms with Crippen LogP contribution < -0.4 is 0 Å². The van der Waals surface area contributed by atoms with Crippen LogP contribution in [0.25, 0.3) is 0 Å². The van der Waals surface area contributed by atoms with Gasteiger partial charge in [0.25, 0.3) is 0 Å². The fourth-order valence-electron chi connectivity index (χ4n) is 3.83. The van der Waals surface area contributed by atoms with Gasteiger partial charge in [-0.15, -0.1) is 0 Å². The Labute approximate surface area is 132 Å². The van der Waals surface area contributed by atoms with Crippen LogP contribution in [0, 0.1) is 0 Å². The van der Waals surface area contributed by atoms with Crippen LogP contribution in [0.1, 0.15) is 37.8 Å². The normalized spacial score (nSPS) is 25.8. The van der Waals surface area contributed by atoms with E-state index in [0.717, 1.165) is 31.7 Å². The zero-order chi connectivity index (χ0) is 15.7. The number of likely N-dealkylation sites (tertiary alicyclic amines) is 2. The first-order valence-electron chi connectivity index (χ1n) is 8.18. The zero-order valence-corrected chi connectivity index (χ0v) is 14.3. The molecule has 0 spiro atoms. The maximum absolute atomic E-state index is 11.8. The molecule has 124 valence electrons. The summed E-state index contributed by atoms with van der Waals surface area (Å²) >= 11 is 0.